The van der Waals surface area contributed by atoms with Crippen LogP contribution in [0.15, 0.2) is 85.5 Å². The molecule has 4 nitrogen and oxygen atoms in total. The van der Waals surface area contributed by atoms with E-state index in [1.54, 1.807) is 0 Å². The number of aliphatic hydroxyl groups excluding tert-OH is 1. The Balaban J connectivity index is 1.60. The first kappa shape index (κ1) is 24.2. The highest BCUT2D eigenvalue weighted by molar-refractivity contribution is 5.93. The van der Waals surface area contributed by atoms with Crippen LogP contribution in [0.25, 0.3) is 33.0 Å². The highest BCUT2D eigenvalue weighted by Gasteiger charge is 2.09. The minimum Gasteiger partial charge on any atom is -0.489 e. The smallest absolute Gasteiger partial charge is 0.330 e. The van der Waals surface area contributed by atoms with E-state index in [0.717, 1.165) is 50.4 Å². The number of esters is 1. The summed E-state index contributed by atoms with van der Waals surface area (Å²) in [7, 11) is 0. The van der Waals surface area contributed by atoms with Gasteiger partial charge in [-0.15, -0.1) is 0 Å². The molecule has 0 amide bonds. The van der Waals surface area contributed by atoms with Crippen molar-refractivity contribution >= 4 is 16.7 Å². The zero-order chi connectivity index (χ0) is 24.8. The van der Waals surface area contributed by atoms with Crippen molar-refractivity contribution in [2.24, 2.45) is 0 Å². The summed E-state index contributed by atoms with van der Waals surface area (Å²) in [5.74, 6) is 0.317. The maximum Gasteiger partial charge on any atom is 0.330 e. The standard InChI is InChI=1S/C31H30O4/c1-4-31(33)35-16-15-34-30-18-21(2)17-27-10-9-26(20-29(27)30)25-11-12-28(22(3)19-25)24-7-5-23(6-8-24)13-14-32/h4-12,17-20,32H,1,13-16H2,2-3H3. The molecule has 35 heavy (non-hydrogen) atoms. The number of hydrogen-bond acceptors (Lipinski definition) is 4. The van der Waals surface area contributed by atoms with Crippen LogP contribution >= 0.6 is 0 Å². The van der Waals surface area contributed by atoms with Gasteiger partial charge in [-0.1, -0.05) is 67.2 Å². The highest BCUT2D eigenvalue weighted by Crippen LogP contribution is 2.34. The van der Waals surface area contributed by atoms with Crippen LogP contribution in [-0.2, 0) is 16.0 Å². The van der Waals surface area contributed by atoms with Gasteiger partial charge in [0.15, 0.2) is 0 Å². The van der Waals surface area contributed by atoms with Gasteiger partial charge in [0.1, 0.15) is 19.0 Å². The van der Waals surface area contributed by atoms with E-state index in [0.29, 0.717) is 6.42 Å². The van der Waals surface area contributed by atoms with E-state index in [4.69, 9.17) is 14.6 Å². The maximum absolute atomic E-state index is 11.3. The third-order valence-corrected chi connectivity index (χ3v) is 6.04. The lowest BCUT2D eigenvalue weighted by Crippen LogP contribution is -2.10. The molecule has 0 spiro atoms. The van der Waals surface area contributed by atoms with Crippen LogP contribution in [0.1, 0.15) is 16.7 Å². The molecule has 0 aliphatic carbocycles. The van der Waals surface area contributed by atoms with Gasteiger partial charge in [-0.2, -0.15) is 0 Å². The molecular weight excluding hydrogens is 436 g/mol. The van der Waals surface area contributed by atoms with E-state index >= 15 is 0 Å². The van der Waals surface area contributed by atoms with Crippen molar-refractivity contribution in [3.05, 3.63) is 102 Å². The number of fused-ring (bicyclic) bond motifs is 1. The molecule has 0 bridgehead atoms. The van der Waals surface area contributed by atoms with Gasteiger partial charge >= 0.3 is 5.97 Å². The molecule has 4 aromatic rings. The molecule has 0 saturated carbocycles. The first-order chi connectivity index (χ1) is 17.0. The van der Waals surface area contributed by atoms with Crippen molar-refractivity contribution < 1.29 is 19.4 Å². The molecule has 1 N–H and O–H groups in total. The Labute approximate surface area is 206 Å². The predicted octanol–water partition coefficient (Wildman–Crippen LogP) is 6.43. The van der Waals surface area contributed by atoms with Gasteiger partial charge in [0.2, 0.25) is 0 Å². The van der Waals surface area contributed by atoms with Crippen molar-refractivity contribution in [2.75, 3.05) is 19.8 Å². The molecule has 0 aliphatic rings. The molecule has 0 aromatic heterocycles. The van der Waals surface area contributed by atoms with Crippen LogP contribution in [0.5, 0.6) is 5.75 Å². The molecule has 0 unspecified atom stereocenters. The largest absolute Gasteiger partial charge is 0.489 e. The fourth-order valence-corrected chi connectivity index (χ4v) is 4.27. The van der Waals surface area contributed by atoms with Crippen LogP contribution in [0, 0.1) is 13.8 Å². The lowest BCUT2D eigenvalue weighted by molar-refractivity contribution is -0.138. The number of benzene rings is 4. The topological polar surface area (TPSA) is 55.8 Å². The maximum atomic E-state index is 11.3. The van der Waals surface area contributed by atoms with E-state index in [1.807, 2.05) is 13.0 Å². The third kappa shape index (κ3) is 5.79. The zero-order valence-electron chi connectivity index (χ0n) is 20.2. The Hall–Kier alpha value is -3.89. The Morgan fingerprint density at radius 1 is 0.886 bits per heavy atom. The Kier molecular flexibility index (Phi) is 7.64. The summed E-state index contributed by atoms with van der Waals surface area (Å²) in [6.07, 6.45) is 1.82. The van der Waals surface area contributed by atoms with Gasteiger partial charge < -0.3 is 14.6 Å². The van der Waals surface area contributed by atoms with Crippen molar-refractivity contribution in [1.82, 2.24) is 0 Å². The number of carbonyl (C=O) groups excluding carboxylic acids is 1. The highest BCUT2D eigenvalue weighted by atomic mass is 16.6. The van der Waals surface area contributed by atoms with E-state index in [9.17, 15) is 4.79 Å². The van der Waals surface area contributed by atoms with Crippen LogP contribution in [0.3, 0.4) is 0 Å². The first-order valence-electron chi connectivity index (χ1n) is 11.8. The first-order valence-corrected chi connectivity index (χ1v) is 11.8. The normalized spacial score (nSPS) is 10.8. The summed E-state index contributed by atoms with van der Waals surface area (Å²) >= 11 is 0. The van der Waals surface area contributed by atoms with Crippen LogP contribution in [-0.4, -0.2) is 30.9 Å². The molecule has 4 heteroatoms. The summed E-state index contributed by atoms with van der Waals surface area (Å²) in [6.45, 7) is 8.17. The van der Waals surface area contributed by atoms with E-state index < -0.39 is 5.97 Å². The minimum absolute atomic E-state index is 0.161. The Morgan fingerprint density at radius 3 is 2.31 bits per heavy atom. The molecule has 178 valence electrons. The number of carbonyl (C=O) groups is 1. The van der Waals surface area contributed by atoms with Crippen molar-refractivity contribution in [1.29, 1.82) is 0 Å². The molecule has 0 atom stereocenters. The van der Waals surface area contributed by atoms with Crippen molar-refractivity contribution in [3.63, 3.8) is 0 Å². The summed E-state index contributed by atoms with van der Waals surface area (Å²) in [4.78, 5) is 11.3. The van der Waals surface area contributed by atoms with Crippen LogP contribution < -0.4 is 4.74 Å². The van der Waals surface area contributed by atoms with Gasteiger partial charge in [-0.05, 0) is 76.7 Å². The number of aryl methyl sites for hydroxylation is 2. The lowest BCUT2D eigenvalue weighted by atomic mass is 9.94. The summed E-state index contributed by atoms with van der Waals surface area (Å²) in [5.41, 5.74) is 8.04. The number of rotatable bonds is 9. The fraction of sp³-hybridized carbons (Fsp3) is 0.194. The van der Waals surface area contributed by atoms with Gasteiger partial charge in [0, 0.05) is 18.1 Å². The average Bonchev–Trinajstić information content (AvgIpc) is 2.86. The average molecular weight is 467 g/mol. The number of ether oxygens (including phenoxy) is 2. The van der Waals surface area contributed by atoms with Crippen molar-refractivity contribution in [2.45, 2.75) is 20.3 Å². The third-order valence-electron chi connectivity index (χ3n) is 6.04. The lowest BCUT2D eigenvalue weighted by Gasteiger charge is -2.13. The van der Waals surface area contributed by atoms with E-state index in [1.165, 1.54) is 11.1 Å². The Morgan fingerprint density at radius 2 is 1.60 bits per heavy atom. The minimum atomic E-state index is -0.454. The predicted molar refractivity (Wildman–Crippen MR) is 142 cm³/mol. The van der Waals surface area contributed by atoms with E-state index in [2.05, 4.69) is 80.2 Å². The molecule has 0 fully saturated rings. The summed E-state index contributed by atoms with van der Waals surface area (Å²) in [5, 5.41) is 11.3. The monoisotopic (exact) mass is 466 g/mol. The second-order valence-electron chi connectivity index (χ2n) is 8.62. The van der Waals surface area contributed by atoms with Gasteiger partial charge in [0.25, 0.3) is 0 Å². The second kappa shape index (κ2) is 11.0. The molecule has 0 radical (unpaired) electrons. The quantitative estimate of drug-likeness (QED) is 0.175. The molecule has 4 aromatic carbocycles. The Bertz CT molecular complexity index is 1350. The zero-order valence-corrected chi connectivity index (χ0v) is 20.2. The SMILES string of the molecule is C=CC(=O)OCCOc1cc(C)cc2ccc(-c3ccc(-c4ccc(CCO)cc4)c(C)c3)cc12. The summed E-state index contributed by atoms with van der Waals surface area (Å²) in [6, 6.07) is 25.4. The second-order valence-corrected chi connectivity index (χ2v) is 8.62. The van der Waals surface area contributed by atoms with Crippen LogP contribution in [0.2, 0.25) is 0 Å². The van der Waals surface area contributed by atoms with Crippen molar-refractivity contribution in [3.8, 4) is 28.0 Å². The van der Waals surface area contributed by atoms with Gasteiger partial charge in [-0.3, -0.25) is 0 Å². The molecular formula is C31H30O4. The van der Waals surface area contributed by atoms with Gasteiger partial charge in [-0.25, -0.2) is 4.79 Å². The fourth-order valence-electron chi connectivity index (χ4n) is 4.27. The molecule has 0 heterocycles. The molecule has 4 rings (SSSR count). The van der Waals surface area contributed by atoms with Gasteiger partial charge in [0.05, 0.1) is 0 Å². The number of hydrogen-bond donors (Lipinski definition) is 1. The number of aliphatic hydroxyl groups is 1. The molecule has 0 saturated heterocycles. The summed E-state index contributed by atoms with van der Waals surface area (Å²) < 4.78 is 11.0. The van der Waals surface area contributed by atoms with Crippen LogP contribution in [0.4, 0.5) is 0 Å². The molecule has 0 aliphatic heterocycles. The van der Waals surface area contributed by atoms with E-state index in [-0.39, 0.29) is 19.8 Å².